The Labute approximate surface area is 62.7 Å². The van der Waals surface area contributed by atoms with Crippen LogP contribution in [0.2, 0.25) is 0 Å². The van der Waals surface area contributed by atoms with Gasteiger partial charge in [-0.3, -0.25) is 0 Å². The zero-order valence-electron chi connectivity index (χ0n) is 6.79. The zero-order valence-corrected chi connectivity index (χ0v) is 6.79. The van der Waals surface area contributed by atoms with E-state index in [4.69, 9.17) is 4.74 Å². The standard InChI is InChI=1S/C9H14O/c1-4-5-6-7-9(2)8-10-3/h4-8H,1-3H3/b5-4-,7-6-,9-8+. The number of allylic oxidation sites excluding steroid dienone is 5. The summed E-state index contributed by atoms with van der Waals surface area (Å²) in [6.07, 6.45) is 9.64. The van der Waals surface area contributed by atoms with Gasteiger partial charge in [-0.25, -0.2) is 0 Å². The van der Waals surface area contributed by atoms with E-state index < -0.39 is 0 Å². The van der Waals surface area contributed by atoms with Crippen LogP contribution in [0.4, 0.5) is 0 Å². The lowest BCUT2D eigenvalue weighted by atomic mass is 10.3. The Morgan fingerprint density at radius 1 is 1.30 bits per heavy atom. The van der Waals surface area contributed by atoms with Gasteiger partial charge in [-0.15, -0.1) is 0 Å². The lowest BCUT2D eigenvalue weighted by Gasteiger charge is -1.89. The van der Waals surface area contributed by atoms with Gasteiger partial charge in [-0.05, 0) is 19.4 Å². The van der Waals surface area contributed by atoms with Crippen molar-refractivity contribution < 1.29 is 4.74 Å². The summed E-state index contributed by atoms with van der Waals surface area (Å²) in [5.41, 5.74) is 1.11. The summed E-state index contributed by atoms with van der Waals surface area (Å²) in [4.78, 5) is 0. The van der Waals surface area contributed by atoms with Crippen LogP contribution >= 0.6 is 0 Å². The smallest absolute Gasteiger partial charge is 0.0853 e. The molecule has 10 heavy (non-hydrogen) atoms. The molecule has 0 N–H and O–H groups in total. The van der Waals surface area contributed by atoms with Crippen molar-refractivity contribution in [3.05, 3.63) is 36.1 Å². The van der Waals surface area contributed by atoms with Gasteiger partial charge in [0.25, 0.3) is 0 Å². The second-order valence-corrected chi connectivity index (χ2v) is 1.98. The third kappa shape index (κ3) is 5.16. The maximum Gasteiger partial charge on any atom is 0.0853 e. The Balaban J connectivity index is 3.76. The van der Waals surface area contributed by atoms with Gasteiger partial charge >= 0.3 is 0 Å². The first-order valence-electron chi connectivity index (χ1n) is 3.30. The van der Waals surface area contributed by atoms with E-state index in [9.17, 15) is 0 Å². The summed E-state index contributed by atoms with van der Waals surface area (Å²) in [5, 5.41) is 0. The van der Waals surface area contributed by atoms with Crippen molar-refractivity contribution >= 4 is 0 Å². The van der Waals surface area contributed by atoms with E-state index >= 15 is 0 Å². The molecule has 0 aromatic carbocycles. The highest BCUT2D eigenvalue weighted by molar-refractivity contribution is 5.18. The lowest BCUT2D eigenvalue weighted by Crippen LogP contribution is -1.70. The van der Waals surface area contributed by atoms with Crippen molar-refractivity contribution in [3.63, 3.8) is 0 Å². The summed E-state index contributed by atoms with van der Waals surface area (Å²) in [6.45, 7) is 3.98. The Kier molecular flexibility index (Phi) is 5.54. The highest BCUT2D eigenvalue weighted by atomic mass is 16.5. The molecule has 1 heteroatoms. The van der Waals surface area contributed by atoms with Gasteiger partial charge in [-0.2, -0.15) is 0 Å². The van der Waals surface area contributed by atoms with Gasteiger partial charge in [0.05, 0.1) is 13.4 Å². The molecule has 0 fully saturated rings. The van der Waals surface area contributed by atoms with Gasteiger partial charge in [0, 0.05) is 0 Å². The summed E-state index contributed by atoms with van der Waals surface area (Å²) in [7, 11) is 1.65. The Morgan fingerprint density at radius 3 is 2.50 bits per heavy atom. The average Bonchev–Trinajstić information content (AvgIpc) is 1.89. The Morgan fingerprint density at radius 2 is 2.00 bits per heavy atom. The second kappa shape index (κ2) is 6.14. The molecule has 0 spiro atoms. The summed E-state index contributed by atoms with van der Waals surface area (Å²) in [5.74, 6) is 0. The van der Waals surface area contributed by atoms with E-state index in [0.717, 1.165) is 5.57 Å². The molecule has 0 aromatic rings. The van der Waals surface area contributed by atoms with E-state index in [2.05, 4.69) is 0 Å². The molecule has 0 aliphatic rings. The Hall–Kier alpha value is -0.980. The van der Waals surface area contributed by atoms with Crippen molar-refractivity contribution in [2.75, 3.05) is 7.11 Å². The predicted octanol–water partition coefficient (Wildman–Crippen LogP) is 2.67. The van der Waals surface area contributed by atoms with Gasteiger partial charge in [0.2, 0.25) is 0 Å². The molecule has 0 unspecified atom stereocenters. The van der Waals surface area contributed by atoms with Crippen molar-refractivity contribution in [2.24, 2.45) is 0 Å². The summed E-state index contributed by atoms with van der Waals surface area (Å²) < 4.78 is 4.80. The molecule has 0 aliphatic heterocycles. The van der Waals surface area contributed by atoms with Gasteiger partial charge in [-0.1, -0.05) is 24.3 Å². The number of rotatable bonds is 3. The monoisotopic (exact) mass is 138 g/mol. The summed E-state index contributed by atoms with van der Waals surface area (Å²) >= 11 is 0. The molecule has 0 bridgehead atoms. The predicted molar refractivity (Wildman–Crippen MR) is 44.7 cm³/mol. The second-order valence-electron chi connectivity index (χ2n) is 1.98. The molecule has 0 atom stereocenters. The van der Waals surface area contributed by atoms with Crippen LogP contribution in [0.3, 0.4) is 0 Å². The molecule has 0 heterocycles. The minimum atomic E-state index is 1.11. The van der Waals surface area contributed by atoms with E-state index in [0.29, 0.717) is 0 Å². The molecule has 0 aliphatic carbocycles. The highest BCUT2D eigenvalue weighted by Gasteiger charge is 1.76. The van der Waals surface area contributed by atoms with E-state index in [1.165, 1.54) is 0 Å². The van der Waals surface area contributed by atoms with Crippen LogP contribution in [0, 0.1) is 0 Å². The fourth-order valence-electron chi connectivity index (χ4n) is 0.544. The van der Waals surface area contributed by atoms with Crippen molar-refractivity contribution in [2.45, 2.75) is 13.8 Å². The molecule has 0 saturated heterocycles. The first kappa shape index (κ1) is 9.02. The molecule has 0 rings (SSSR count). The molecule has 0 saturated carbocycles. The average molecular weight is 138 g/mol. The highest BCUT2D eigenvalue weighted by Crippen LogP contribution is 1.94. The zero-order chi connectivity index (χ0) is 7.82. The lowest BCUT2D eigenvalue weighted by molar-refractivity contribution is 0.335. The van der Waals surface area contributed by atoms with E-state index in [1.54, 1.807) is 13.4 Å². The van der Waals surface area contributed by atoms with Crippen molar-refractivity contribution in [3.8, 4) is 0 Å². The van der Waals surface area contributed by atoms with Crippen LogP contribution in [0.1, 0.15) is 13.8 Å². The van der Waals surface area contributed by atoms with Crippen LogP contribution < -0.4 is 0 Å². The van der Waals surface area contributed by atoms with E-state index in [1.807, 2.05) is 38.2 Å². The van der Waals surface area contributed by atoms with Crippen LogP contribution in [0.15, 0.2) is 36.1 Å². The summed E-state index contributed by atoms with van der Waals surface area (Å²) in [6, 6.07) is 0. The SMILES string of the molecule is C\C=C/C=C\C(C)=C\OC. The fourth-order valence-corrected chi connectivity index (χ4v) is 0.544. The molecule has 56 valence electrons. The Bertz CT molecular complexity index is 152. The third-order valence-electron chi connectivity index (χ3n) is 0.966. The van der Waals surface area contributed by atoms with Crippen LogP contribution in [-0.2, 0) is 4.74 Å². The molecule has 0 radical (unpaired) electrons. The number of methoxy groups -OCH3 is 1. The van der Waals surface area contributed by atoms with Crippen LogP contribution in [0.25, 0.3) is 0 Å². The molecule has 0 amide bonds. The molecule has 0 aromatic heterocycles. The fraction of sp³-hybridized carbons (Fsp3) is 0.333. The molecule has 1 nitrogen and oxygen atoms in total. The van der Waals surface area contributed by atoms with Crippen LogP contribution in [0.5, 0.6) is 0 Å². The van der Waals surface area contributed by atoms with Crippen molar-refractivity contribution in [1.82, 2.24) is 0 Å². The maximum absolute atomic E-state index is 4.80. The third-order valence-corrected chi connectivity index (χ3v) is 0.966. The van der Waals surface area contributed by atoms with Crippen LogP contribution in [-0.4, -0.2) is 7.11 Å². The quantitative estimate of drug-likeness (QED) is 0.430. The van der Waals surface area contributed by atoms with E-state index in [-0.39, 0.29) is 0 Å². The largest absolute Gasteiger partial charge is 0.504 e. The minimum Gasteiger partial charge on any atom is -0.504 e. The van der Waals surface area contributed by atoms with Gasteiger partial charge < -0.3 is 4.74 Å². The molecular formula is C9H14O. The first-order chi connectivity index (χ1) is 4.81. The van der Waals surface area contributed by atoms with Gasteiger partial charge in [0.1, 0.15) is 0 Å². The number of hydrogen-bond acceptors (Lipinski definition) is 1. The van der Waals surface area contributed by atoms with Gasteiger partial charge in [0.15, 0.2) is 0 Å². The minimum absolute atomic E-state index is 1.11. The first-order valence-corrected chi connectivity index (χ1v) is 3.30. The number of hydrogen-bond donors (Lipinski definition) is 0. The topological polar surface area (TPSA) is 9.23 Å². The molecular weight excluding hydrogens is 124 g/mol. The normalized spacial score (nSPS) is 13.3. The maximum atomic E-state index is 4.80. The van der Waals surface area contributed by atoms with Crippen molar-refractivity contribution in [1.29, 1.82) is 0 Å². The number of ether oxygens (including phenoxy) is 1.